The number of fused-ring (bicyclic) bond motifs is 2. The largest absolute Gasteiger partial charge is 0.416 e. The topological polar surface area (TPSA) is 66.9 Å². The van der Waals surface area contributed by atoms with E-state index in [1.807, 2.05) is 24.3 Å². The number of carbonyl (C=O) groups excluding carboxylic acids is 1. The normalized spacial score (nSPS) is 22.5. The maximum absolute atomic E-state index is 13.6. The number of rotatable bonds is 5. The van der Waals surface area contributed by atoms with Crippen molar-refractivity contribution < 1.29 is 44.3 Å². The number of morpholine rings is 1. The number of carbonyl (C=O) groups is 1. The summed E-state index contributed by atoms with van der Waals surface area (Å²) in [5, 5.41) is 0.445. The van der Waals surface area contributed by atoms with E-state index in [-0.39, 0.29) is 48.0 Å². The molecule has 0 aromatic heterocycles. The number of hydrogen-bond donors (Lipinski definition) is 0. The summed E-state index contributed by atoms with van der Waals surface area (Å²) in [4.78, 5) is 16.9. The van der Waals surface area contributed by atoms with Gasteiger partial charge in [-0.1, -0.05) is 53.5 Å². The number of sulfone groups is 1. The van der Waals surface area contributed by atoms with E-state index < -0.39 is 55.1 Å². The van der Waals surface area contributed by atoms with Crippen LogP contribution in [0.2, 0.25) is 10.0 Å². The summed E-state index contributed by atoms with van der Waals surface area (Å²) in [6.07, 6.45) is -9.21. The van der Waals surface area contributed by atoms with Crippen molar-refractivity contribution in [2.75, 3.05) is 39.3 Å². The molecule has 48 heavy (non-hydrogen) atoms. The molecule has 1 amide bonds. The van der Waals surface area contributed by atoms with Crippen molar-refractivity contribution in [2.45, 2.75) is 47.7 Å². The van der Waals surface area contributed by atoms with Crippen LogP contribution >= 0.6 is 23.2 Å². The quantitative estimate of drug-likeness (QED) is 0.252. The second kappa shape index (κ2) is 12.5. The lowest BCUT2D eigenvalue weighted by atomic mass is 9.85. The monoisotopic (exact) mass is 734 g/mol. The van der Waals surface area contributed by atoms with Crippen molar-refractivity contribution in [1.82, 2.24) is 9.80 Å². The third kappa shape index (κ3) is 6.44. The Kier molecular flexibility index (Phi) is 9.11. The molecule has 6 nitrogen and oxygen atoms in total. The predicted molar refractivity (Wildman–Crippen MR) is 167 cm³/mol. The fraction of sp³-hybridized carbons (Fsp3) is 0.424. The van der Waals surface area contributed by atoms with E-state index in [0.717, 1.165) is 11.1 Å². The van der Waals surface area contributed by atoms with E-state index >= 15 is 0 Å². The van der Waals surface area contributed by atoms with Gasteiger partial charge in [-0.15, -0.1) is 0 Å². The molecular formula is C33H30Cl2F6N2O4S. The highest BCUT2D eigenvalue weighted by Crippen LogP contribution is 2.49. The molecule has 3 aromatic rings. The molecule has 15 heteroatoms. The van der Waals surface area contributed by atoms with Crippen LogP contribution in [0.3, 0.4) is 0 Å². The Balaban J connectivity index is 1.26. The summed E-state index contributed by atoms with van der Waals surface area (Å²) in [6.45, 7) is 0.969. The third-order valence-electron chi connectivity index (χ3n) is 9.70. The molecule has 258 valence electrons. The van der Waals surface area contributed by atoms with Gasteiger partial charge in [-0.2, -0.15) is 26.3 Å². The molecule has 0 N–H and O–H groups in total. The zero-order valence-electron chi connectivity index (χ0n) is 25.3. The summed E-state index contributed by atoms with van der Waals surface area (Å²) in [5.41, 5.74) is -2.99. The molecule has 1 spiro atoms. The van der Waals surface area contributed by atoms with Crippen LogP contribution in [0.4, 0.5) is 26.3 Å². The summed E-state index contributed by atoms with van der Waals surface area (Å²) >= 11 is 12.5. The first-order valence-corrected chi connectivity index (χ1v) is 17.6. The van der Waals surface area contributed by atoms with Crippen molar-refractivity contribution in [3.05, 3.63) is 104 Å². The Morgan fingerprint density at radius 1 is 0.854 bits per heavy atom. The first-order chi connectivity index (χ1) is 22.4. The Bertz CT molecular complexity index is 1810. The van der Waals surface area contributed by atoms with Gasteiger partial charge in [-0.3, -0.25) is 4.79 Å². The summed E-state index contributed by atoms with van der Waals surface area (Å²) in [6, 6.07) is 13.0. The molecule has 3 heterocycles. The summed E-state index contributed by atoms with van der Waals surface area (Å²) in [5.74, 6) is -1.01. The van der Waals surface area contributed by atoms with Crippen LogP contribution in [-0.2, 0) is 43.0 Å². The summed E-state index contributed by atoms with van der Waals surface area (Å²) in [7, 11) is -3.42. The number of nitrogens with zero attached hydrogens (tertiary/aromatic N) is 2. The van der Waals surface area contributed by atoms with Crippen molar-refractivity contribution in [3.63, 3.8) is 0 Å². The number of ether oxygens (including phenoxy) is 1. The first-order valence-electron chi connectivity index (χ1n) is 15.2. The number of piperidine rings is 1. The minimum atomic E-state index is -5.11. The molecule has 0 saturated carbocycles. The number of amides is 1. The SMILES string of the molecule is O=C(c1cc(C(F)(F)F)cc(C(F)(F)F)c1)N1CCO[C@](CCN2CCC3(CC2)c2ccccc2CS3(=O)=O)(c2ccc(Cl)c(Cl)c2)C1. The highest BCUT2D eigenvalue weighted by atomic mass is 35.5. The molecule has 1 atom stereocenters. The Morgan fingerprint density at radius 3 is 2.12 bits per heavy atom. The second-order valence-corrected chi connectivity index (χ2v) is 15.6. The van der Waals surface area contributed by atoms with Crippen molar-refractivity contribution in [2.24, 2.45) is 0 Å². The van der Waals surface area contributed by atoms with Gasteiger partial charge in [-0.05, 0) is 79.4 Å². The number of likely N-dealkylation sites (tertiary alicyclic amines) is 1. The van der Waals surface area contributed by atoms with Gasteiger partial charge in [-0.25, -0.2) is 8.42 Å². The lowest BCUT2D eigenvalue weighted by Crippen LogP contribution is -2.53. The Labute approximate surface area is 283 Å². The van der Waals surface area contributed by atoms with E-state index in [0.29, 0.717) is 50.2 Å². The zero-order chi connectivity index (χ0) is 34.7. The minimum Gasteiger partial charge on any atom is -0.367 e. The smallest absolute Gasteiger partial charge is 0.367 e. The molecule has 2 saturated heterocycles. The fourth-order valence-corrected chi connectivity index (χ4v) is 9.70. The van der Waals surface area contributed by atoms with E-state index in [2.05, 4.69) is 4.90 Å². The van der Waals surface area contributed by atoms with Gasteiger partial charge >= 0.3 is 12.4 Å². The lowest BCUT2D eigenvalue weighted by Gasteiger charge is -2.45. The van der Waals surface area contributed by atoms with Crippen LogP contribution in [-0.4, -0.2) is 63.5 Å². The molecule has 0 radical (unpaired) electrons. The molecule has 0 aliphatic carbocycles. The Hall–Kier alpha value is -2.84. The second-order valence-electron chi connectivity index (χ2n) is 12.5. The fourth-order valence-electron chi connectivity index (χ4n) is 7.13. The number of halogens is 8. The lowest BCUT2D eigenvalue weighted by molar-refractivity contribution is -0.143. The number of benzene rings is 3. The van der Waals surface area contributed by atoms with E-state index in [1.54, 1.807) is 18.2 Å². The van der Waals surface area contributed by atoms with E-state index in [4.69, 9.17) is 27.9 Å². The van der Waals surface area contributed by atoms with E-state index in [1.165, 1.54) is 4.90 Å². The van der Waals surface area contributed by atoms with Crippen LogP contribution in [0.5, 0.6) is 0 Å². The minimum absolute atomic E-state index is 0.00233. The van der Waals surface area contributed by atoms with Crippen LogP contribution < -0.4 is 0 Å². The van der Waals surface area contributed by atoms with Gasteiger partial charge in [0.05, 0.1) is 40.1 Å². The van der Waals surface area contributed by atoms with Crippen molar-refractivity contribution >= 4 is 38.9 Å². The van der Waals surface area contributed by atoms with Crippen LogP contribution in [0, 0.1) is 0 Å². The Morgan fingerprint density at radius 2 is 1.50 bits per heavy atom. The molecule has 2 fully saturated rings. The average molecular weight is 736 g/mol. The first kappa shape index (κ1) is 35.0. The van der Waals surface area contributed by atoms with Gasteiger partial charge in [0, 0.05) is 18.7 Å². The van der Waals surface area contributed by atoms with Crippen LogP contribution in [0.25, 0.3) is 0 Å². The molecule has 0 unspecified atom stereocenters. The average Bonchev–Trinajstić information content (AvgIpc) is 3.25. The summed E-state index contributed by atoms with van der Waals surface area (Å²) < 4.78 is 113. The molecule has 3 aliphatic rings. The maximum atomic E-state index is 13.6. The van der Waals surface area contributed by atoms with Crippen LogP contribution in [0.15, 0.2) is 60.7 Å². The van der Waals surface area contributed by atoms with E-state index in [9.17, 15) is 39.6 Å². The standard InChI is InChI=1S/C33H30Cl2F6N2O4S/c34-27-6-5-23(18-28(27)35)30(7-10-42-11-8-31(9-12-42)26-4-2-1-3-21(26)19-48(31,45)46)20-43(13-14-47-30)29(44)22-15-24(32(36,37)38)17-25(16-22)33(39,40)41/h1-6,15-18H,7-14,19-20H2/t30-/m0/s1. The number of hydrogen-bond acceptors (Lipinski definition) is 5. The van der Waals surface area contributed by atoms with Gasteiger partial charge in [0.1, 0.15) is 10.3 Å². The van der Waals surface area contributed by atoms with Gasteiger partial charge in [0.2, 0.25) is 0 Å². The molecule has 0 bridgehead atoms. The number of alkyl halides is 6. The molecule has 6 rings (SSSR count). The maximum Gasteiger partial charge on any atom is 0.416 e. The van der Waals surface area contributed by atoms with Crippen LogP contribution in [0.1, 0.15) is 57.4 Å². The zero-order valence-corrected chi connectivity index (χ0v) is 27.6. The predicted octanol–water partition coefficient (Wildman–Crippen LogP) is 7.71. The highest BCUT2D eigenvalue weighted by Gasteiger charge is 2.53. The molecule has 3 aliphatic heterocycles. The molecular weight excluding hydrogens is 705 g/mol. The van der Waals surface area contributed by atoms with Crippen molar-refractivity contribution in [1.29, 1.82) is 0 Å². The van der Waals surface area contributed by atoms with Gasteiger partial charge in [0.15, 0.2) is 9.84 Å². The third-order valence-corrected chi connectivity index (χ3v) is 12.9. The van der Waals surface area contributed by atoms with Gasteiger partial charge < -0.3 is 14.5 Å². The molecule has 3 aromatic carbocycles. The van der Waals surface area contributed by atoms with Crippen molar-refractivity contribution in [3.8, 4) is 0 Å². The highest BCUT2D eigenvalue weighted by molar-refractivity contribution is 7.92. The van der Waals surface area contributed by atoms with Gasteiger partial charge in [0.25, 0.3) is 5.91 Å².